The fourth-order valence-electron chi connectivity index (χ4n) is 5.60. The Kier molecular flexibility index (Phi) is 6.96. The van der Waals surface area contributed by atoms with Crippen molar-refractivity contribution >= 4 is 50.3 Å². The van der Waals surface area contributed by atoms with Gasteiger partial charge in [-0.2, -0.15) is 9.97 Å². The smallest absolute Gasteiger partial charge is 0.407 e. The minimum atomic E-state index is -0.881. The first-order valence-electron chi connectivity index (χ1n) is 12.8. The van der Waals surface area contributed by atoms with E-state index in [4.69, 9.17) is 35.8 Å². The van der Waals surface area contributed by atoms with Gasteiger partial charge in [-0.3, -0.25) is 0 Å². The molecule has 9 nitrogen and oxygen atoms in total. The zero-order chi connectivity index (χ0) is 26.4. The lowest BCUT2D eigenvalue weighted by atomic mass is 10.1. The van der Waals surface area contributed by atoms with Crippen molar-refractivity contribution in [3.05, 3.63) is 51.5 Å². The minimum Gasteiger partial charge on any atom is -0.482 e. The number of rotatable bonds is 6. The third-order valence-corrected chi connectivity index (χ3v) is 8.79. The SMILES string of the molecule is C[C@H](Oc1c(Cl)c(Br)cc2c(N3C[C@@H]4C[C@H]3CN4C(=O)O)nc(OC3CCOCC3)nc12)c1ccccc1. The molecule has 2 aromatic carbocycles. The van der Waals surface area contributed by atoms with E-state index in [0.29, 0.717) is 52.9 Å². The van der Waals surface area contributed by atoms with Crippen molar-refractivity contribution in [3.8, 4) is 11.8 Å². The topological polar surface area (TPSA) is 97.3 Å². The van der Waals surface area contributed by atoms with Gasteiger partial charge in [0.25, 0.3) is 0 Å². The van der Waals surface area contributed by atoms with E-state index < -0.39 is 6.09 Å². The van der Waals surface area contributed by atoms with Crippen molar-refractivity contribution in [1.82, 2.24) is 14.9 Å². The summed E-state index contributed by atoms with van der Waals surface area (Å²) in [5, 5.41) is 10.8. The van der Waals surface area contributed by atoms with E-state index in [1.807, 2.05) is 43.3 Å². The zero-order valence-corrected chi connectivity index (χ0v) is 23.2. The zero-order valence-electron chi connectivity index (χ0n) is 20.8. The van der Waals surface area contributed by atoms with Crippen molar-refractivity contribution < 1.29 is 24.1 Å². The average molecular weight is 604 g/mol. The predicted octanol–water partition coefficient (Wildman–Crippen LogP) is 5.68. The first-order valence-corrected chi connectivity index (χ1v) is 14.0. The van der Waals surface area contributed by atoms with Gasteiger partial charge in [0.05, 0.1) is 30.3 Å². The number of ether oxygens (including phenoxy) is 3. The molecule has 6 rings (SSSR count). The van der Waals surface area contributed by atoms with Gasteiger partial charge in [0.1, 0.15) is 23.5 Å². The standard InChI is InChI=1S/C27H28BrClN4O5/c1-15(16-5-3-2-4-6-16)37-24-22(29)21(28)12-20-23(24)30-26(38-19-7-9-36-10-8-19)31-25(20)32-13-18-11-17(32)14-33(18)27(34)35/h2-6,12,15,17-19H,7-11,13-14H2,1H3,(H,34,35)/t15-,17-,18-/m0/s1. The first-order chi connectivity index (χ1) is 18.4. The molecular weight excluding hydrogens is 576 g/mol. The number of fused-ring (bicyclic) bond motifs is 3. The third kappa shape index (κ3) is 4.74. The van der Waals surface area contributed by atoms with Gasteiger partial charge in [0, 0.05) is 35.8 Å². The number of aromatic nitrogens is 2. The molecule has 200 valence electrons. The second-order valence-corrected chi connectivity index (χ2v) is 11.2. The van der Waals surface area contributed by atoms with Crippen LogP contribution in [0.1, 0.15) is 37.9 Å². The molecule has 0 aliphatic carbocycles. The van der Waals surface area contributed by atoms with Gasteiger partial charge in [-0.15, -0.1) is 0 Å². The van der Waals surface area contributed by atoms with Crippen LogP contribution >= 0.6 is 27.5 Å². The summed E-state index contributed by atoms with van der Waals surface area (Å²) in [7, 11) is 0. The molecule has 3 aliphatic heterocycles. The van der Waals surface area contributed by atoms with Crippen LogP contribution in [0.15, 0.2) is 40.9 Å². The van der Waals surface area contributed by atoms with Crippen molar-refractivity contribution in [2.24, 2.45) is 0 Å². The largest absolute Gasteiger partial charge is 0.482 e. The fraction of sp³-hybridized carbons (Fsp3) is 0.444. The van der Waals surface area contributed by atoms with Crippen molar-refractivity contribution in [2.75, 3.05) is 31.2 Å². The second-order valence-electron chi connectivity index (χ2n) is 9.96. The van der Waals surface area contributed by atoms with Gasteiger partial charge in [-0.05, 0) is 40.9 Å². The third-order valence-electron chi connectivity index (χ3n) is 7.56. The molecule has 3 aromatic rings. The molecule has 3 fully saturated rings. The summed E-state index contributed by atoms with van der Waals surface area (Å²) in [4.78, 5) is 25.1. The fourth-order valence-corrected chi connectivity index (χ4v) is 6.20. The van der Waals surface area contributed by atoms with E-state index in [-0.39, 0.29) is 30.3 Å². The Labute approximate surface area is 233 Å². The van der Waals surface area contributed by atoms with Gasteiger partial charge < -0.3 is 29.1 Å². The van der Waals surface area contributed by atoms with Gasteiger partial charge in [-0.1, -0.05) is 41.9 Å². The van der Waals surface area contributed by atoms with Gasteiger partial charge in [-0.25, -0.2) is 4.79 Å². The number of amides is 1. The molecule has 4 heterocycles. The minimum absolute atomic E-state index is 0.0206. The maximum Gasteiger partial charge on any atom is 0.407 e. The quantitative estimate of drug-likeness (QED) is 0.384. The summed E-state index contributed by atoms with van der Waals surface area (Å²) in [5.74, 6) is 1.15. The Morgan fingerprint density at radius 2 is 1.95 bits per heavy atom. The van der Waals surface area contributed by atoms with Gasteiger partial charge in [0.2, 0.25) is 0 Å². The maximum atomic E-state index is 11.7. The molecule has 0 radical (unpaired) electrons. The summed E-state index contributed by atoms with van der Waals surface area (Å²) in [6.07, 6.45) is 1.06. The molecule has 38 heavy (non-hydrogen) atoms. The molecule has 1 aromatic heterocycles. The summed E-state index contributed by atoms with van der Waals surface area (Å²) in [5.41, 5.74) is 1.57. The number of likely N-dealkylation sites (tertiary alicyclic amines) is 1. The molecule has 2 bridgehead atoms. The van der Waals surface area contributed by atoms with Crippen LogP contribution in [0.2, 0.25) is 5.02 Å². The van der Waals surface area contributed by atoms with Crippen molar-refractivity contribution in [2.45, 2.75) is 50.5 Å². The van der Waals surface area contributed by atoms with Gasteiger partial charge in [0.15, 0.2) is 5.75 Å². The summed E-state index contributed by atoms with van der Waals surface area (Å²) < 4.78 is 18.9. The Hall–Kier alpha value is -2.82. The van der Waals surface area contributed by atoms with Crippen LogP contribution in [-0.4, -0.2) is 70.6 Å². The van der Waals surface area contributed by atoms with E-state index in [1.165, 1.54) is 4.90 Å². The number of anilines is 1. The van der Waals surface area contributed by atoms with Crippen molar-refractivity contribution in [1.29, 1.82) is 0 Å². The van der Waals surface area contributed by atoms with E-state index in [2.05, 4.69) is 20.8 Å². The van der Waals surface area contributed by atoms with E-state index in [0.717, 1.165) is 30.2 Å². The van der Waals surface area contributed by atoms with Crippen LogP contribution in [0.5, 0.6) is 11.8 Å². The Morgan fingerprint density at radius 1 is 1.18 bits per heavy atom. The van der Waals surface area contributed by atoms with E-state index in [1.54, 1.807) is 0 Å². The lowest BCUT2D eigenvalue weighted by Crippen LogP contribution is -2.48. The normalized spacial score (nSPS) is 22.2. The molecule has 3 aliphatic rings. The van der Waals surface area contributed by atoms with Crippen LogP contribution in [0.3, 0.4) is 0 Å². The maximum absolute atomic E-state index is 11.7. The number of benzene rings is 2. The summed E-state index contributed by atoms with van der Waals surface area (Å²) in [6, 6.07) is 12.0. The van der Waals surface area contributed by atoms with Crippen LogP contribution < -0.4 is 14.4 Å². The highest BCUT2D eigenvalue weighted by atomic mass is 79.9. The number of halogens is 2. The molecule has 0 unspecified atom stereocenters. The molecule has 3 atom stereocenters. The average Bonchev–Trinajstić information content (AvgIpc) is 3.54. The number of carboxylic acid groups (broad SMARTS) is 1. The summed E-state index contributed by atoms with van der Waals surface area (Å²) in [6.45, 7) is 4.22. The van der Waals surface area contributed by atoms with Crippen LogP contribution in [0.4, 0.5) is 10.6 Å². The van der Waals surface area contributed by atoms with E-state index >= 15 is 0 Å². The highest BCUT2D eigenvalue weighted by molar-refractivity contribution is 9.10. The molecule has 0 spiro atoms. The highest BCUT2D eigenvalue weighted by Crippen LogP contribution is 2.45. The lowest BCUT2D eigenvalue weighted by Gasteiger charge is -2.34. The van der Waals surface area contributed by atoms with Crippen LogP contribution in [-0.2, 0) is 4.74 Å². The van der Waals surface area contributed by atoms with Crippen LogP contribution in [0.25, 0.3) is 10.9 Å². The van der Waals surface area contributed by atoms with Crippen molar-refractivity contribution in [3.63, 3.8) is 0 Å². The molecule has 1 N–H and O–H groups in total. The Morgan fingerprint density at radius 3 is 2.63 bits per heavy atom. The highest BCUT2D eigenvalue weighted by Gasteiger charge is 2.46. The molecule has 0 saturated carbocycles. The number of hydrogen-bond acceptors (Lipinski definition) is 7. The second kappa shape index (κ2) is 10.4. The summed E-state index contributed by atoms with van der Waals surface area (Å²) >= 11 is 10.4. The molecule has 3 saturated heterocycles. The molecule has 1 amide bonds. The monoisotopic (exact) mass is 602 g/mol. The predicted molar refractivity (Wildman–Crippen MR) is 146 cm³/mol. The Bertz CT molecular complexity index is 1360. The number of piperazine rings is 1. The number of carbonyl (C=O) groups is 1. The van der Waals surface area contributed by atoms with Crippen LogP contribution in [0, 0.1) is 0 Å². The Balaban J connectivity index is 1.44. The molecular formula is C27H28BrClN4O5. The number of hydrogen-bond donors (Lipinski definition) is 1. The molecule has 11 heteroatoms. The van der Waals surface area contributed by atoms with Gasteiger partial charge >= 0.3 is 12.1 Å². The van der Waals surface area contributed by atoms with E-state index in [9.17, 15) is 9.90 Å². The first kappa shape index (κ1) is 25.5. The lowest BCUT2D eigenvalue weighted by molar-refractivity contribution is 0.0218. The number of nitrogens with zero attached hydrogens (tertiary/aromatic N) is 4.